The number of H-pyrrole nitrogens is 2. The van der Waals surface area contributed by atoms with Gasteiger partial charge in [0, 0.05) is 40.6 Å². The second-order valence-electron chi connectivity index (χ2n) is 7.15. The van der Waals surface area contributed by atoms with Gasteiger partial charge in [0.05, 0.1) is 0 Å². The molecule has 0 spiro atoms. The number of carboxylic acids is 1. The molecule has 27 heavy (non-hydrogen) atoms. The Labute approximate surface area is 158 Å². The summed E-state index contributed by atoms with van der Waals surface area (Å²) in [6.45, 7) is 0. The third kappa shape index (κ3) is 3.75. The van der Waals surface area contributed by atoms with E-state index in [-0.39, 0.29) is 12.3 Å². The molecule has 138 valence electrons. The van der Waals surface area contributed by atoms with E-state index in [1.54, 1.807) is 0 Å². The van der Waals surface area contributed by atoms with E-state index < -0.39 is 5.97 Å². The number of nitrogens with one attached hydrogen (secondary N) is 2. The summed E-state index contributed by atoms with van der Waals surface area (Å²) >= 11 is 0. The van der Waals surface area contributed by atoms with E-state index in [4.69, 9.17) is 5.11 Å². The van der Waals surface area contributed by atoms with Crippen molar-refractivity contribution in [1.29, 1.82) is 0 Å². The van der Waals surface area contributed by atoms with Crippen LogP contribution in [0.15, 0.2) is 60.8 Å². The zero-order chi connectivity index (χ0) is 18.6. The van der Waals surface area contributed by atoms with Gasteiger partial charge >= 0.3 is 5.97 Å². The van der Waals surface area contributed by atoms with Crippen molar-refractivity contribution >= 4 is 27.8 Å². The van der Waals surface area contributed by atoms with E-state index >= 15 is 0 Å². The Morgan fingerprint density at radius 2 is 1.74 bits per heavy atom. The maximum Gasteiger partial charge on any atom is 0.303 e. The molecule has 4 nitrogen and oxygen atoms in total. The first-order valence-electron chi connectivity index (χ1n) is 9.58. The number of aromatic amines is 2. The zero-order valence-corrected chi connectivity index (χ0v) is 15.2. The van der Waals surface area contributed by atoms with Gasteiger partial charge in [-0.3, -0.25) is 4.79 Å². The first-order chi connectivity index (χ1) is 13.2. The number of hydrogen-bond donors (Lipinski definition) is 3. The van der Waals surface area contributed by atoms with Gasteiger partial charge in [-0.15, -0.1) is 0 Å². The lowest BCUT2D eigenvalue weighted by Gasteiger charge is -2.15. The highest BCUT2D eigenvalue weighted by atomic mass is 16.4. The monoisotopic (exact) mass is 360 g/mol. The summed E-state index contributed by atoms with van der Waals surface area (Å²) in [7, 11) is 0. The number of aliphatic carboxylic acids is 1. The van der Waals surface area contributed by atoms with E-state index in [2.05, 4.69) is 64.7 Å². The fourth-order valence-corrected chi connectivity index (χ4v) is 3.95. The second kappa shape index (κ2) is 7.70. The fourth-order valence-electron chi connectivity index (χ4n) is 3.95. The standard InChI is InChI=1S/C23H24N2O2/c26-23(27)13-3-1-2-9-18(19-15-24-21-12-7-5-10-17(19)21)22-14-16-8-4-6-11-20(16)25-22/h4-8,10-12,14-15,18,24-25H,1-3,9,13H2,(H,26,27). The topological polar surface area (TPSA) is 68.9 Å². The van der Waals surface area contributed by atoms with Crippen molar-refractivity contribution in [3.63, 3.8) is 0 Å². The molecule has 0 aliphatic carbocycles. The molecule has 2 aromatic heterocycles. The molecule has 0 fully saturated rings. The predicted octanol–water partition coefficient (Wildman–Crippen LogP) is 5.82. The van der Waals surface area contributed by atoms with Crippen LogP contribution >= 0.6 is 0 Å². The van der Waals surface area contributed by atoms with E-state index in [9.17, 15) is 4.79 Å². The number of benzene rings is 2. The minimum absolute atomic E-state index is 0.254. The zero-order valence-electron chi connectivity index (χ0n) is 15.2. The maximum absolute atomic E-state index is 10.7. The Balaban J connectivity index is 1.63. The third-order valence-electron chi connectivity index (χ3n) is 5.31. The SMILES string of the molecule is O=C(O)CCCCCC(c1cc2ccccc2[nH]1)c1c[nH]c2ccccc12. The number of unbranched alkanes of at least 4 members (excludes halogenated alkanes) is 2. The van der Waals surface area contributed by atoms with Crippen molar-refractivity contribution < 1.29 is 9.90 Å². The first kappa shape index (κ1) is 17.4. The highest BCUT2D eigenvalue weighted by Gasteiger charge is 2.19. The normalized spacial score (nSPS) is 12.6. The Kier molecular flexibility index (Phi) is 4.97. The van der Waals surface area contributed by atoms with Gasteiger partial charge in [-0.05, 0) is 42.0 Å². The number of fused-ring (bicyclic) bond motifs is 2. The summed E-state index contributed by atoms with van der Waals surface area (Å²) in [6, 6.07) is 19.0. The molecule has 1 unspecified atom stereocenters. The fraction of sp³-hybridized carbons (Fsp3) is 0.261. The van der Waals surface area contributed by atoms with Crippen LogP contribution in [0.3, 0.4) is 0 Å². The lowest BCUT2D eigenvalue weighted by atomic mass is 9.90. The molecule has 0 bridgehead atoms. The number of rotatable bonds is 8. The van der Waals surface area contributed by atoms with Gasteiger partial charge in [0.15, 0.2) is 0 Å². The highest BCUT2D eigenvalue weighted by Crippen LogP contribution is 2.35. The first-order valence-corrected chi connectivity index (χ1v) is 9.58. The van der Waals surface area contributed by atoms with Crippen molar-refractivity contribution in [2.24, 2.45) is 0 Å². The molecule has 0 saturated carbocycles. The van der Waals surface area contributed by atoms with Crippen molar-refractivity contribution in [1.82, 2.24) is 9.97 Å². The molecule has 1 atom stereocenters. The molecule has 0 aliphatic rings. The average molecular weight is 360 g/mol. The van der Waals surface area contributed by atoms with Gasteiger partial charge < -0.3 is 15.1 Å². The molecule has 0 radical (unpaired) electrons. The Morgan fingerprint density at radius 3 is 2.56 bits per heavy atom. The summed E-state index contributed by atoms with van der Waals surface area (Å²) in [5.74, 6) is -0.447. The molecular weight excluding hydrogens is 336 g/mol. The minimum Gasteiger partial charge on any atom is -0.481 e. The number of hydrogen-bond acceptors (Lipinski definition) is 1. The number of carboxylic acid groups (broad SMARTS) is 1. The predicted molar refractivity (Wildman–Crippen MR) is 109 cm³/mol. The summed E-state index contributed by atoms with van der Waals surface area (Å²) < 4.78 is 0. The van der Waals surface area contributed by atoms with E-state index in [1.165, 1.54) is 22.0 Å². The van der Waals surface area contributed by atoms with E-state index in [0.717, 1.165) is 36.7 Å². The molecule has 4 heteroatoms. The molecule has 0 amide bonds. The molecule has 0 saturated heterocycles. The van der Waals surface area contributed by atoms with Crippen LogP contribution in [0.1, 0.15) is 49.3 Å². The van der Waals surface area contributed by atoms with Crippen LogP contribution in [0.5, 0.6) is 0 Å². The molecule has 4 rings (SSSR count). The van der Waals surface area contributed by atoms with Crippen molar-refractivity contribution in [3.8, 4) is 0 Å². The molecular formula is C23H24N2O2. The quantitative estimate of drug-likeness (QED) is 0.347. The van der Waals surface area contributed by atoms with Gasteiger partial charge in [0.25, 0.3) is 0 Å². The van der Waals surface area contributed by atoms with E-state index in [1.807, 2.05) is 6.07 Å². The molecule has 0 aliphatic heterocycles. The largest absolute Gasteiger partial charge is 0.481 e. The molecule has 4 aromatic rings. The smallest absolute Gasteiger partial charge is 0.303 e. The van der Waals surface area contributed by atoms with Crippen LogP contribution in [0.2, 0.25) is 0 Å². The maximum atomic E-state index is 10.7. The summed E-state index contributed by atoms with van der Waals surface area (Å²) in [6.07, 6.45) is 6.05. The summed E-state index contributed by atoms with van der Waals surface area (Å²) in [4.78, 5) is 17.7. The Bertz CT molecular complexity index is 1030. The number of carbonyl (C=O) groups is 1. The summed E-state index contributed by atoms with van der Waals surface area (Å²) in [5, 5.41) is 11.3. The van der Waals surface area contributed by atoms with Gasteiger partial charge in [-0.25, -0.2) is 0 Å². The third-order valence-corrected chi connectivity index (χ3v) is 5.31. The van der Waals surface area contributed by atoms with Crippen LogP contribution in [0.25, 0.3) is 21.8 Å². The van der Waals surface area contributed by atoms with Crippen LogP contribution in [0, 0.1) is 0 Å². The van der Waals surface area contributed by atoms with Crippen LogP contribution in [-0.2, 0) is 4.79 Å². The van der Waals surface area contributed by atoms with Gasteiger partial charge in [0.1, 0.15) is 0 Å². The highest BCUT2D eigenvalue weighted by molar-refractivity contribution is 5.85. The van der Waals surface area contributed by atoms with Crippen LogP contribution < -0.4 is 0 Å². The van der Waals surface area contributed by atoms with Crippen LogP contribution in [-0.4, -0.2) is 21.0 Å². The minimum atomic E-state index is -0.709. The lowest BCUT2D eigenvalue weighted by Crippen LogP contribution is -2.02. The average Bonchev–Trinajstić information content (AvgIpc) is 3.28. The van der Waals surface area contributed by atoms with Crippen molar-refractivity contribution in [2.75, 3.05) is 0 Å². The molecule has 2 heterocycles. The Hall–Kier alpha value is -3.01. The number of para-hydroxylation sites is 2. The Morgan fingerprint density at radius 1 is 0.963 bits per heavy atom. The van der Waals surface area contributed by atoms with Gasteiger partial charge in [-0.1, -0.05) is 49.2 Å². The van der Waals surface area contributed by atoms with E-state index in [0.29, 0.717) is 0 Å². The molecule has 3 N–H and O–H groups in total. The van der Waals surface area contributed by atoms with Crippen molar-refractivity contribution in [2.45, 2.75) is 38.0 Å². The lowest BCUT2D eigenvalue weighted by molar-refractivity contribution is -0.137. The second-order valence-corrected chi connectivity index (χ2v) is 7.15. The van der Waals surface area contributed by atoms with Gasteiger partial charge in [-0.2, -0.15) is 0 Å². The van der Waals surface area contributed by atoms with Crippen molar-refractivity contribution in [3.05, 3.63) is 72.1 Å². The van der Waals surface area contributed by atoms with Crippen LogP contribution in [0.4, 0.5) is 0 Å². The number of aromatic nitrogens is 2. The summed E-state index contributed by atoms with van der Waals surface area (Å²) in [5.41, 5.74) is 4.83. The molecule has 2 aromatic carbocycles. The van der Waals surface area contributed by atoms with Gasteiger partial charge in [0.2, 0.25) is 0 Å².